The number of benzene rings is 9. The highest BCUT2D eigenvalue weighted by Gasteiger charge is 2.52. The average Bonchev–Trinajstić information content (AvgIpc) is 3.66. The molecule has 64 heavy (non-hydrogen) atoms. The van der Waals surface area contributed by atoms with Gasteiger partial charge >= 0.3 is 0 Å². The van der Waals surface area contributed by atoms with Gasteiger partial charge in [0.2, 0.25) is 0 Å². The Balaban J connectivity index is 1.19. The van der Waals surface area contributed by atoms with Crippen molar-refractivity contribution in [3.8, 4) is 91.2 Å². The number of para-hydroxylation sites is 2. The molecule has 0 saturated heterocycles. The fourth-order valence-corrected chi connectivity index (χ4v) is 9.81. The van der Waals surface area contributed by atoms with E-state index in [0.717, 1.165) is 88.8 Å². The lowest BCUT2D eigenvalue weighted by Gasteiger charge is -2.40. The SMILES string of the molecule is N#Cc1ccc(-c2ccc3c(c2)C2(c4ccccc4Oc4c(-c5nc(-c6ccccc6)nc(-c6ccccc6)n5)cccc42)c2cc(-c4ccc(C#N)cc4)c4ccccc4c2-3)cc1. The highest BCUT2D eigenvalue weighted by Crippen LogP contribution is 2.65. The van der Waals surface area contributed by atoms with Crippen molar-refractivity contribution in [2.75, 3.05) is 0 Å². The van der Waals surface area contributed by atoms with Crippen molar-refractivity contribution in [1.82, 2.24) is 15.0 Å². The second-order valence-electron chi connectivity index (χ2n) is 16.1. The predicted molar refractivity (Wildman–Crippen MR) is 251 cm³/mol. The van der Waals surface area contributed by atoms with Gasteiger partial charge in [0.25, 0.3) is 0 Å². The molecule has 9 aromatic carbocycles. The lowest BCUT2D eigenvalue weighted by molar-refractivity contribution is 0.438. The van der Waals surface area contributed by atoms with Gasteiger partial charge in [-0.3, -0.25) is 0 Å². The molecule has 12 rings (SSSR count). The monoisotopic (exact) mass is 815 g/mol. The maximum Gasteiger partial charge on any atom is 0.167 e. The Labute approximate surface area is 369 Å². The predicted octanol–water partition coefficient (Wildman–Crippen LogP) is 13.6. The molecule has 1 aromatic heterocycles. The van der Waals surface area contributed by atoms with Crippen LogP contribution in [-0.4, -0.2) is 15.0 Å². The van der Waals surface area contributed by atoms with Gasteiger partial charge in [0, 0.05) is 22.3 Å². The first-order chi connectivity index (χ1) is 31.6. The van der Waals surface area contributed by atoms with E-state index in [9.17, 15) is 10.5 Å². The first kappa shape index (κ1) is 36.8. The maximum atomic E-state index is 9.74. The summed E-state index contributed by atoms with van der Waals surface area (Å²) in [5.41, 5.74) is 13.5. The molecule has 0 radical (unpaired) electrons. The van der Waals surface area contributed by atoms with Crippen molar-refractivity contribution in [3.05, 3.63) is 234 Å². The van der Waals surface area contributed by atoms with Crippen LogP contribution in [0.2, 0.25) is 0 Å². The van der Waals surface area contributed by atoms with Gasteiger partial charge < -0.3 is 4.74 Å². The third kappa shape index (κ3) is 5.61. The first-order valence-electron chi connectivity index (χ1n) is 21.1. The quantitative estimate of drug-likeness (QED) is 0.172. The second-order valence-corrected chi connectivity index (χ2v) is 16.1. The minimum atomic E-state index is -0.879. The van der Waals surface area contributed by atoms with Crippen molar-refractivity contribution in [1.29, 1.82) is 10.5 Å². The zero-order valence-electron chi connectivity index (χ0n) is 34.2. The molecular weight excluding hydrogens is 783 g/mol. The summed E-state index contributed by atoms with van der Waals surface area (Å²) in [6, 6.07) is 72.7. The summed E-state index contributed by atoms with van der Waals surface area (Å²) in [7, 11) is 0. The van der Waals surface area contributed by atoms with E-state index in [4.69, 9.17) is 19.7 Å². The van der Waals surface area contributed by atoms with E-state index in [1.807, 2.05) is 121 Å². The van der Waals surface area contributed by atoms with E-state index in [1.54, 1.807) is 0 Å². The zero-order valence-corrected chi connectivity index (χ0v) is 34.2. The molecule has 0 bridgehead atoms. The van der Waals surface area contributed by atoms with E-state index >= 15 is 0 Å². The molecule has 10 aromatic rings. The number of hydrogen-bond donors (Lipinski definition) is 0. The molecule has 0 N–H and O–H groups in total. The van der Waals surface area contributed by atoms with Gasteiger partial charge in [-0.2, -0.15) is 10.5 Å². The molecule has 2 heterocycles. The van der Waals surface area contributed by atoms with Crippen molar-refractivity contribution < 1.29 is 4.74 Å². The maximum absolute atomic E-state index is 9.74. The Morgan fingerprint density at radius 1 is 0.375 bits per heavy atom. The fourth-order valence-electron chi connectivity index (χ4n) is 9.81. The summed E-state index contributed by atoms with van der Waals surface area (Å²) in [5, 5.41) is 21.6. The van der Waals surface area contributed by atoms with Gasteiger partial charge in [0.05, 0.1) is 34.2 Å². The Bertz CT molecular complexity index is 3530. The largest absolute Gasteiger partial charge is 0.456 e. The molecule has 0 fully saturated rings. The molecule has 0 saturated carbocycles. The summed E-state index contributed by atoms with van der Waals surface area (Å²) >= 11 is 0. The fraction of sp³-hybridized carbons (Fsp3) is 0.0172. The summed E-state index contributed by atoms with van der Waals surface area (Å²) in [4.78, 5) is 15.4. The highest BCUT2D eigenvalue weighted by atomic mass is 16.5. The molecule has 1 aliphatic carbocycles. The molecule has 1 aliphatic heterocycles. The van der Waals surface area contributed by atoms with Crippen LogP contribution >= 0.6 is 0 Å². The molecule has 296 valence electrons. The number of aromatic nitrogens is 3. The minimum Gasteiger partial charge on any atom is -0.456 e. The normalized spacial score (nSPS) is 14.1. The van der Waals surface area contributed by atoms with Crippen LogP contribution in [0.5, 0.6) is 11.5 Å². The molecule has 6 heteroatoms. The Hall–Kier alpha value is -8.97. The smallest absolute Gasteiger partial charge is 0.167 e. The number of nitrogens with zero attached hydrogens (tertiary/aromatic N) is 5. The number of rotatable bonds is 5. The van der Waals surface area contributed by atoms with Crippen LogP contribution in [0.25, 0.3) is 78.3 Å². The topological polar surface area (TPSA) is 95.5 Å². The third-order valence-corrected chi connectivity index (χ3v) is 12.7. The van der Waals surface area contributed by atoms with Crippen LogP contribution in [-0.2, 0) is 5.41 Å². The molecule has 0 amide bonds. The molecule has 6 nitrogen and oxygen atoms in total. The second kappa shape index (κ2) is 14.6. The van der Waals surface area contributed by atoms with Crippen molar-refractivity contribution in [2.24, 2.45) is 0 Å². The number of ether oxygens (including phenoxy) is 1. The van der Waals surface area contributed by atoms with E-state index in [1.165, 1.54) is 0 Å². The number of fused-ring (bicyclic) bond motifs is 11. The highest BCUT2D eigenvalue weighted by molar-refractivity contribution is 6.10. The Morgan fingerprint density at radius 3 is 1.61 bits per heavy atom. The van der Waals surface area contributed by atoms with Gasteiger partial charge in [-0.05, 0) is 104 Å². The van der Waals surface area contributed by atoms with E-state index in [-0.39, 0.29) is 0 Å². The first-order valence-corrected chi connectivity index (χ1v) is 21.1. The lowest BCUT2D eigenvalue weighted by atomic mass is 9.65. The number of hydrogen-bond acceptors (Lipinski definition) is 6. The van der Waals surface area contributed by atoms with Crippen LogP contribution in [0.15, 0.2) is 200 Å². The zero-order chi connectivity index (χ0) is 42.8. The van der Waals surface area contributed by atoms with Crippen LogP contribution in [0.1, 0.15) is 33.4 Å². The van der Waals surface area contributed by atoms with Gasteiger partial charge in [-0.25, -0.2) is 15.0 Å². The van der Waals surface area contributed by atoms with E-state index < -0.39 is 5.41 Å². The van der Waals surface area contributed by atoms with Crippen LogP contribution < -0.4 is 4.74 Å². The van der Waals surface area contributed by atoms with E-state index in [2.05, 4.69) is 91.0 Å². The standard InChI is InChI=1S/C58H33N5O/c59-34-36-22-26-38(27-23-36)42-30-31-45-50(32-42)58(51-33-47(39-28-24-37(35-60)25-29-39)43-16-7-8-17-44(43)53(45)51)48-19-9-10-21-52(48)64-54-46(18-11-20-49(54)58)57-62-55(40-12-3-1-4-13-40)61-56(63-57)41-14-5-2-6-15-41/h1-33H. The van der Waals surface area contributed by atoms with Gasteiger partial charge in [0.1, 0.15) is 11.5 Å². The summed E-state index contributed by atoms with van der Waals surface area (Å²) in [6.45, 7) is 0. The molecule has 1 unspecified atom stereocenters. The van der Waals surface area contributed by atoms with Crippen molar-refractivity contribution in [3.63, 3.8) is 0 Å². The molecule has 1 atom stereocenters. The van der Waals surface area contributed by atoms with Gasteiger partial charge in [0.15, 0.2) is 17.5 Å². The third-order valence-electron chi connectivity index (χ3n) is 12.7. The van der Waals surface area contributed by atoms with Crippen molar-refractivity contribution >= 4 is 10.8 Å². The van der Waals surface area contributed by atoms with E-state index in [0.29, 0.717) is 34.3 Å². The van der Waals surface area contributed by atoms with Crippen molar-refractivity contribution in [2.45, 2.75) is 5.41 Å². The Morgan fingerprint density at radius 2 is 0.938 bits per heavy atom. The Kier molecular flexibility index (Phi) is 8.40. The van der Waals surface area contributed by atoms with Gasteiger partial charge in [-0.15, -0.1) is 0 Å². The van der Waals surface area contributed by atoms with Crippen LogP contribution in [0.4, 0.5) is 0 Å². The number of nitriles is 2. The molecular formula is C58H33N5O. The summed E-state index contributed by atoms with van der Waals surface area (Å²) in [5.74, 6) is 3.03. The van der Waals surface area contributed by atoms with Crippen LogP contribution in [0, 0.1) is 22.7 Å². The minimum absolute atomic E-state index is 0.501. The molecule has 1 spiro atoms. The summed E-state index contributed by atoms with van der Waals surface area (Å²) in [6.07, 6.45) is 0. The van der Waals surface area contributed by atoms with Gasteiger partial charge in [-0.1, -0.05) is 152 Å². The molecule has 2 aliphatic rings. The lowest BCUT2D eigenvalue weighted by Crippen LogP contribution is -2.32. The van der Waals surface area contributed by atoms with Crippen LogP contribution in [0.3, 0.4) is 0 Å². The summed E-state index contributed by atoms with van der Waals surface area (Å²) < 4.78 is 7.18. The average molecular weight is 816 g/mol.